The Kier molecular flexibility index (Phi) is 23.2. The molecule has 0 bridgehead atoms. The molecule has 532 valence electrons. The van der Waals surface area contributed by atoms with Crippen molar-refractivity contribution in [3.63, 3.8) is 0 Å². The van der Waals surface area contributed by atoms with E-state index in [1.807, 2.05) is 67.5 Å². The number of nitrogens with zero attached hydrogens (tertiary/aromatic N) is 8. The summed E-state index contributed by atoms with van der Waals surface area (Å²) in [6, 6.07) is 46.9. The van der Waals surface area contributed by atoms with Crippen LogP contribution >= 0.6 is 0 Å². The van der Waals surface area contributed by atoms with Crippen LogP contribution in [0.5, 0.6) is 0 Å². The van der Waals surface area contributed by atoms with Crippen LogP contribution in [0.15, 0.2) is 160 Å². The quantitative estimate of drug-likeness (QED) is 0.0476. The molecule has 5 fully saturated rings. The van der Waals surface area contributed by atoms with E-state index < -0.39 is 50.4 Å². The van der Waals surface area contributed by atoms with Crippen molar-refractivity contribution in [3.05, 3.63) is 167 Å². The number of aromatic nitrogens is 1. The van der Waals surface area contributed by atoms with E-state index in [1.54, 1.807) is 50.5 Å². The maximum Gasteiger partial charge on any atom is 0.673 e. The second-order valence-corrected chi connectivity index (χ2v) is 32.1. The highest BCUT2D eigenvalue weighted by Gasteiger charge is 2.57. The van der Waals surface area contributed by atoms with Gasteiger partial charge in [-0.1, -0.05) is 95.6 Å². The molecule has 0 saturated carbocycles. The Morgan fingerprint density at radius 3 is 1.31 bits per heavy atom. The van der Waals surface area contributed by atoms with Crippen molar-refractivity contribution in [3.8, 4) is 16.8 Å². The highest BCUT2D eigenvalue weighted by atomic mass is 32.2. The fourth-order valence-corrected chi connectivity index (χ4v) is 16.1. The molecule has 2 amide bonds. The number of halogens is 4. The van der Waals surface area contributed by atoms with Crippen LogP contribution in [-0.4, -0.2) is 152 Å². The summed E-state index contributed by atoms with van der Waals surface area (Å²) in [6.07, 6.45) is 5.27. The number of aliphatic carboxylic acids is 1. The van der Waals surface area contributed by atoms with Crippen LogP contribution in [0.3, 0.4) is 0 Å². The number of nitrogens with one attached hydrogen (secondary N) is 1. The molecular formula is C73H92BF4N9O10S2. The molecular weight excluding hydrogens is 1310 g/mol. The minimum absolute atomic E-state index is 0.0544. The SMILES string of the molecule is CC(C)(C)OC(=O)N1CCC2(CC1)N=N2.Cc1cc(C)c(-c2c3ccccc3[n+](-c3ccccc3)c3ccccc23)c(C)c1.Cc1ccc(S(=O)(=O)N2CCC(C(=O)O)CC2)cc1.Cc1ccc(S(=O)(=O)N2CCC(N3NC34CCN(C(=O)OC(C)(C)C)CC4)CC2)cc1.F[B-](F)(F)F. The smallest absolute Gasteiger partial charge is 0.481 e. The molecule has 7 heterocycles. The van der Waals surface area contributed by atoms with Crippen LogP contribution < -0.4 is 9.99 Å². The lowest BCUT2D eigenvalue weighted by Crippen LogP contribution is -2.47. The fourth-order valence-electron chi connectivity index (χ4n) is 13.2. The van der Waals surface area contributed by atoms with Crippen molar-refractivity contribution >= 4 is 67.3 Å². The summed E-state index contributed by atoms with van der Waals surface area (Å²) in [5, 5.41) is 21.8. The molecule has 99 heavy (non-hydrogen) atoms. The van der Waals surface area contributed by atoms with Gasteiger partial charge in [0, 0.05) is 101 Å². The fraction of sp³-hybridized carbons (Fsp3) is 0.452. The van der Waals surface area contributed by atoms with Gasteiger partial charge in [-0.05, 0) is 168 Å². The average Bonchev–Trinajstić information content (AvgIpc) is 1.71. The summed E-state index contributed by atoms with van der Waals surface area (Å²) in [5.41, 5.74) is 14.8. The van der Waals surface area contributed by atoms with Gasteiger partial charge in [-0.25, -0.2) is 36.9 Å². The van der Waals surface area contributed by atoms with Crippen molar-refractivity contribution < 1.29 is 67.6 Å². The largest absolute Gasteiger partial charge is 0.673 e. The molecule has 1 unspecified atom stereocenters. The van der Waals surface area contributed by atoms with Crippen LogP contribution in [-0.2, 0) is 34.3 Å². The van der Waals surface area contributed by atoms with Crippen LogP contribution in [0, 0.1) is 40.5 Å². The molecule has 2 N–H and O–H groups in total. The van der Waals surface area contributed by atoms with Crippen LogP contribution in [0.25, 0.3) is 38.6 Å². The Balaban J connectivity index is 0.000000156. The Hall–Kier alpha value is -7.88. The molecule has 13 rings (SSSR count). The molecule has 0 radical (unpaired) electrons. The van der Waals surface area contributed by atoms with Gasteiger partial charge >= 0.3 is 25.4 Å². The predicted molar refractivity (Wildman–Crippen MR) is 375 cm³/mol. The number of rotatable bonds is 8. The number of likely N-dealkylation sites (tertiary alicyclic amines) is 2. The summed E-state index contributed by atoms with van der Waals surface area (Å²) in [7, 11) is -12.9. The Labute approximate surface area is 579 Å². The summed E-state index contributed by atoms with van der Waals surface area (Å²) >= 11 is 0. The highest BCUT2D eigenvalue weighted by molar-refractivity contribution is 7.89. The normalized spacial score (nSPS) is 18.7. The van der Waals surface area contributed by atoms with Crippen molar-refractivity contribution in [1.29, 1.82) is 0 Å². The summed E-state index contributed by atoms with van der Waals surface area (Å²) in [6.45, 7) is 26.1. The Morgan fingerprint density at radius 1 is 0.535 bits per heavy atom. The van der Waals surface area contributed by atoms with E-state index >= 15 is 0 Å². The first kappa shape index (κ1) is 75.3. The minimum atomic E-state index is -6.00. The lowest BCUT2D eigenvalue weighted by molar-refractivity contribution is -0.537. The number of carbonyl (C=O) groups excluding carboxylic acids is 2. The molecule has 1 atom stereocenters. The summed E-state index contributed by atoms with van der Waals surface area (Å²) in [4.78, 5) is 39.0. The second-order valence-electron chi connectivity index (χ2n) is 28.3. The number of piperidine rings is 4. The van der Waals surface area contributed by atoms with E-state index in [4.69, 9.17) is 14.6 Å². The first-order chi connectivity index (χ1) is 46.5. The zero-order valence-electron chi connectivity index (χ0n) is 58.4. The van der Waals surface area contributed by atoms with Crippen molar-refractivity contribution in [2.75, 3.05) is 52.4 Å². The van der Waals surface area contributed by atoms with E-state index in [2.05, 4.69) is 137 Å². The molecule has 19 nitrogen and oxygen atoms in total. The van der Waals surface area contributed by atoms with Crippen LogP contribution in [0.4, 0.5) is 26.9 Å². The molecule has 6 aromatic carbocycles. The number of hydrogen-bond acceptors (Lipinski definition) is 13. The highest BCUT2D eigenvalue weighted by Crippen LogP contribution is 2.43. The van der Waals surface area contributed by atoms with Crippen molar-refractivity contribution in [2.24, 2.45) is 16.1 Å². The third kappa shape index (κ3) is 19.4. The first-order valence-corrected chi connectivity index (χ1v) is 36.5. The van der Waals surface area contributed by atoms with Gasteiger partial charge in [0.25, 0.3) is 0 Å². The van der Waals surface area contributed by atoms with Gasteiger partial charge in [0.15, 0.2) is 5.66 Å². The monoisotopic (exact) mass is 1410 g/mol. The molecule has 5 saturated heterocycles. The third-order valence-electron chi connectivity index (χ3n) is 18.3. The van der Waals surface area contributed by atoms with E-state index in [1.165, 1.54) is 59.6 Å². The van der Waals surface area contributed by atoms with Gasteiger partial charge in [-0.3, -0.25) is 4.79 Å². The zero-order valence-corrected chi connectivity index (χ0v) is 60.0. The number of carboxylic acids is 1. The summed E-state index contributed by atoms with van der Waals surface area (Å²) < 4.78 is 106. The third-order valence-corrected chi connectivity index (χ3v) is 22.1. The summed E-state index contributed by atoms with van der Waals surface area (Å²) in [5.74, 6) is -1.27. The van der Waals surface area contributed by atoms with E-state index in [9.17, 15) is 48.5 Å². The van der Waals surface area contributed by atoms with Gasteiger partial charge < -0.3 is 41.6 Å². The minimum Gasteiger partial charge on any atom is -0.481 e. The zero-order chi connectivity index (χ0) is 72.0. The van der Waals surface area contributed by atoms with Crippen molar-refractivity contribution in [1.82, 2.24) is 28.8 Å². The lowest BCUT2D eigenvalue weighted by Gasteiger charge is -2.35. The topological polar surface area (TPSA) is 225 Å². The molecule has 26 heteroatoms. The van der Waals surface area contributed by atoms with E-state index in [-0.39, 0.29) is 41.5 Å². The standard InChI is InChI=1S/C28H24N.C22H34N4O4S.C13H17NO4S.C10H17N3O2.BF4/c1-19-17-20(2)27(21(3)18-19)28-23-13-7-9-15-25(23)29(22-11-5-4-6-12-22)26-16-10-8-14-24(26)28;1-17-5-7-19(8-6-17)31(28,29)25-13-9-18(10-14-25)26-22(23-26)11-15-24(16-12-22)20(27)30-21(2,3)4;1-10-2-4-12(5-3-10)19(17,18)14-8-6-11(7-9-14)13(15)16;1-9(2,3)15-8(14)13-6-4-10(5-7-13)11-12-10;2-1(3,4)5/h4-18H,1-3H3;5-8,18,23H,9-16H2,1-4H3;2-5,11H,6-9H2,1H3,(H,15,16);4-7H2,1-3H3;/q+1;;;;-1. The van der Waals surface area contributed by atoms with E-state index in [0.717, 1.165) is 49.7 Å². The number of hydrogen-bond donors (Lipinski definition) is 2. The number of amides is 2. The molecule has 6 aliphatic rings. The number of para-hydroxylation sites is 3. The van der Waals surface area contributed by atoms with Crippen LogP contribution in [0.2, 0.25) is 0 Å². The Morgan fingerprint density at radius 2 is 0.919 bits per heavy atom. The van der Waals surface area contributed by atoms with Gasteiger partial charge in [0.1, 0.15) is 16.9 Å². The number of pyridine rings is 1. The van der Waals surface area contributed by atoms with Gasteiger partial charge in [-0.2, -0.15) is 23.4 Å². The van der Waals surface area contributed by atoms with Crippen LogP contribution in [0.1, 0.15) is 121 Å². The number of carboxylic acid groups (broad SMARTS) is 1. The number of fused-ring (bicyclic) bond motifs is 2. The number of sulfonamides is 2. The number of hydrazine groups is 1. The van der Waals surface area contributed by atoms with Gasteiger partial charge in [0.2, 0.25) is 36.8 Å². The molecule has 6 aliphatic heterocycles. The van der Waals surface area contributed by atoms with Gasteiger partial charge in [0.05, 0.1) is 26.5 Å². The molecule has 7 aromatic rings. The maximum absolute atomic E-state index is 12.9. The number of benzene rings is 6. The van der Waals surface area contributed by atoms with Gasteiger partial charge in [-0.15, -0.1) is 0 Å². The molecule has 1 aromatic heterocycles. The van der Waals surface area contributed by atoms with E-state index in [0.29, 0.717) is 63.0 Å². The number of ether oxygens (including phenoxy) is 2. The van der Waals surface area contributed by atoms with Crippen molar-refractivity contribution in [2.45, 2.75) is 166 Å². The predicted octanol–water partition coefficient (Wildman–Crippen LogP) is 14.5. The second kappa shape index (κ2) is 30.5. The molecule has 2 spiro atoms. The maximum atomic E-state index is 12.9. The lowest BCUT2D eigenvalue weighted by atomic mass is 9.89. The first-order valence-electron chi connectivity index (χ1n) is 33.7. The Bertz CT molecular complexity index is 4190. The number of aryl methyl sites for hydroxylation is 5. The molecule has 0 aliphatic carbocycles. The number of carbonyl (C=O) groups is 3. The average molecular weight is 1410 g/mol.